The van der Waals surface area contributed by atoms with Crippen molar-refractivity contribution in [3.8, 4) is 0 Å². The van der Waals surface area contributed by atoms with Crippen molar-refractivity contribution in [3.63, 3.8) is 0 Å². The molecule has 0 aliphatic heterocycles. The van der Waals surface area contributed by atoms with Crippen LogP contribution in [0, 0.1) is 5.92 Å². The van der Waals surface area contributed by atoms with Crippen LogP contribution < -0.4 is 0 Å². The van der Waals surface area contributed by atoms with E-state index in [1.807, 2.05) is 0 Å². The molecule has 0 aromatic rings. The Labute approximate surface area is 83.3 Å². The van der Waals surface area contributed by atoms with Crippen molar-refractivity contribution < 1.29 is 19.5 Å². The highest BCUT2D eigenvalue weighted by Crippen LogP contribution is 2.13. The molecule has 0 aromatic carbocycles. The first-order valence-electron chi connectivity index (χ1n) is 4.80. The Morgan fingerprint density at radius 1 is 1.07 bits per heavy atom. The van der Waals surface area contributed by atoms with Gasteiger partial charge in [-0.05, 0) is 6.42 Å². The zero-order chi connectivity index (χ0) is 11.1. The maximum atomic E-state index is 11.3. The van der Waals surface area contributed by atoms with Crippen molar-refractivity contribution in [2.24, 2.45) is 5.92 Å². The van der Waals surface area contributed by atoms with E-state index in [1.165, 1.54) is 0 Å². The van der Waals surface area contributed by atoms with Crippen LogP contribution >= 0.6 is 0 Å². The summed E-state index contributed by atoms with van der Waals surface area (Å²) in [6.07, 6.45) is 0.586. The van der Waals surface area contributed by atoms with Crippen LogP contribution in [0.4, 0.5) is 0 Å². The second-order valence-electron chi connectivity index (χ2n) is 3.12. The molecule has 0 aromatic heterocycles. The van der Waals surface area contributed by atoms with E-state index < -0.39 is 11.9 Å². The number of rotatable bonds is 7. The SMILES string of the molecule is CCC(=O)C(CCC(=O)O)C(=O)CC. The van der Waals surface area contributed by atoms with Crippen molar-refractivity contribution in [1.29, 1.82) is 0 Å². The minimum atomic E-state index is -0.970. The molecule has 0 saturated heterocycles. The van der Waals surface area contributed by atoms with Crippen molar-refractivity contribution in [1.82, 2.24) is 0 Å². The van der Waals surface area contributed by atoms with Gasteiger partial charge in [0.25, 0.3) is 0 Å². The third-order valence-electron chi connectivity index (χ3n) is 2.12. The van der Waals surface area contributed by atoms with Gasteiger partial charge in [0.2, 0.25) is 0 Å². The van der Waals surface area contributed by atoms with Gasteiger partial charge in [0.15, 0.2) is 0 Å². The average molecular weight is 200 g/mol. The number of aliphatic carboxylic acids is 1. The smallest absolute Gasteiger partial charge is 0.303 e. The number of carboxylic acid groups (broad SMARTS) is 1. The van der Waals surface area contributed by atoms with Crippen LogP contribution in [0.25, 0.3) is 0 Å². The summed E-state index contributed by atoms with van der Waals surface area (Å²) in [6.45, 7) is 3.36. The van der Waals surface area contributed by atoms with Gasteiger partial charge in [-0.15, -0.1) is 0 Å². The molecule has 0 heterocycles. The Morgan fingerprint density at radius 2 is 1.50 bits per heavy atom. The van der Waals surface area contributed by atoms with E-state index in [1.54, 1.807) is 13.8 Å². The molecule has 0 atom stereocenters. The van der Waals surface area contributed by atoms with Crippen LogP contribution in [0.3, 0.4) is 0 Å². The van der Waals surface area contributed by atoms with Crippen LogP contribution in [0.5, 0.6) is 0 Å². The van der Waals surface area contributed by atoms with E-state index in [-0.39, 0.29) is 37.2 Å². The lowest BCUT2D eigenvalue weighted by molar-refractivity contribution is -0.138. The standard InChI is InChI=1S/C10H16O4/c1-3-8(11)7(9(12)4-2)5-6-10(13)14/h7H,3-6H2,1-2H3,(H,13,14). The van der Waals surface area contributed by atoms with Crippen LogP contribution in [0.1, 0.15) is 39.5 Å². The van der Waals surface area contributed by atoms with E-state index in [4.69, 9.17) is 5.11 Å². The van der Waals surface area contributed by atoms with Crippen molar-refractivity contribution in [2.75, 3.05) is 0 Å². The fraction of sp³-hybridized carbons (Fsp3) is 0.700. The van der Waals surface area contributed by atoms with Crippen LogP contribution in [-0.2, 0) is 14.4 Å². The molecule has 14 heavy (non-hydrogen) atoms. The maximum Gasteiger partial charge on any atom is 0.303 e. The molecule has 0 aliphatic rings. The summed E-state index contributed by atoms with van der Waals surface area (Å²) in [6, 6.07) is 0. The quantitative estimate of drug-likeness (QED) is 0.631. The molecule has 0 aliphatic carbocycles. The zero-order valence-corrected chi connectivity index (χ0v) is 8.58. The maximum absolute atomic E-state index is 11.3. The Morgan fingerprint density at radius 3 is 1.79 bits per heavy atom. The molecule has 0 radical (unpaired) electrons. The largest absolute Gasteiger partial charge is 0.481 e. The van der Waals surface area contributed by atoms with Gasteiger partial charge in [0, 0.05) is 19.3 Å². The van der Waals surface area contributed by atoms with E-state index in [9.17, 15) is 14.4 Å². The van der Waals surface area contributed by atoms with Gasteiger partial charge in [0.05, 0.1) is 5.92 Å². The lowest BCUT2D eigenvalue weighted by Gasteiger charge is -2.11. The summed E-state index contributed by atoms with van der Waals surface area (Å²) in [7, 11) is 0. The number of carbonyl (C=O) groups is 3. The first-order chi connectivity index (χ1) is 6.52. The van der Waals surface area contributed by atoms with Crippen molar-refractivity contribution in [2.45, 2.75) is 39.5 Å². The number of carbonyl (C=O) groups excluding carboxylic acids is 2. The fourth-order valence-electron chi connectivity index (χ4n) is 1.26. The van der Waals surface area contributed by atoms with E-state index in [0.29, 0.717) is 0 Å². The number of ketones is 2. The van der Waals surface area contributed by atoms with E-state index >= 15 is 0 Å². The van der Waals surface area contributed by atoms with Gasteiger partial charge in [-0.2, -0.15) is 0 Å². The number of hydrogen-bond donors (Lipinski definition) is 1. The van der Waals surface area contributed by atoms with Gasteiger partial charge in [-0.25, -0.2) is 0 Å². The van der Waals surface area contributed by atoms with Gasteiger partial charge >= 0.3 is 5.97 Å². The van der Waals surface area contributed by atoms with Gasteiger partial charge < -0.3 is 5.11 Å². The van der Waals surface area contributed by atoms with Crippen LogP contribution in [0.2, 0.25) is 0 Å². The molecule has 1 N–H and O–H groups in total. The summed E-state index contributed by atoms with van der Waals surface area (Å²) >= 11 is 0. The molecular weight excluding hydrogens is 184 g/mol. The normalized spacial score (nSPS) is 10.2. The molecule has 4 heteroatoms. The van der Waals surface area contributed by atoms with Crippen LogP contribution in [-0.4, -0.2) is 22.6 Å². The zero-order valence-electron chi connectivity index (χ0n) is 8.58. The minimum Gasteiger partial charge on any atom is -0.481 e. The number of hydrogen-bond acceptors (Lipinski definition) is 3. The predicted octanol–water partition coefficient (Wildman–Crippen LogP) is 1.43. The van der Waals surface area contributed by atoms with Crippen LogP contribution in [0.15, 0.2) is 0 Å². The molecule has 0 unspecified atom stereocenters. The number of Topliss-reactive ketones (excluding diaryl/α,β-unsaturated/α-hetero) is 2. The third-order valence-corrected chi connectivity index (χ3v) is 2.12. The van der Waals surface area contributed by atoms with Crippen molar-refractivity contribution >= 4 is 17.5 Å². The molecule has 0 amide bonds. The third kappa shape index (κ3) is 4.16. The molecule has 4 nitrogen and oxygen atoms in total. The summed E-state index contributed by atoms with van der Waals surface area (Å²) < 4.78 is 0. The first-order valence-corrected chi connectivity index (χ1v) is 4.80. The number of carboxylic acids is 1. The predicted molar refractivity (Wildman–Crippen MR) is 51.0 cm³/mol. The van der Waals surface area contributed by atoms with Gasteiger partial charge in [-0.1, -0.05) is 13.8 Å². The van der Waals surface area contributed by atoms with E-state index in [0.717, 1.165) is 0 Å². The lowest BCUT2D eigenvalue weighted by Crippen LogP contribution is -2.23. The Balaban J connectivity index is 4.32. The molecule has 0 rings (SSSR count). The Kier molecular flexibility index (Phi) is 5.76. The summed E-state index contributed by atoms with van der Waals surface area (Å²) in [5, 5.41) is 8.45. The summed E-state index contributed by atoms with van der Waals surface area (Å²) in [5.41, 5.74) is 0. The molecule has 80 valence electrons. The van der Waals surface area contributed by atoms with Crippen molar-refractivity contribution in [3.05, 3.63) is 0 Å². The minimum absolute atomic E-state index is 0.123. The molecule has 0 bridgehead atoms. The highest BCUT2D eigenvalue weighted by atomic mass is 16.4. The van der Waals surface area contributed by atoms with E-state index in [2.05, 4.69) is 0 Å². The summed E-state index contributed by atoms with van der Waals surface area (Å²) in [4.78, 5) is 32.9. The Hall–Kier alpha value is -1.19. The lowest BCUT2D eigenvalue weighted by atomic mass is 9.91. The Bertz CT molecular complexity index is 216. The molecular formula is C10H16O4. The highest BCUT2D eigenvalue weighted by Gasteiger charge is 2.23. The monoisotopic (exact) mass is 200 g/mol. The molecule has 0 spiro atoms. The second kappa shape index (κ2) is 6.29. The van der Waals surface area contributed by atoms with Gasteiger partial charge in [0.1, 0.15) is 11.6 Å². The van der Waals surface area contributed by atoms with Gasteiger partial charge in [-0.3, -0.25) is 14.4 Å². The average Bonchev–Trinajstić information content (AvgIpc) is 2.16. The first kappa shape index (κ1) is 12.8. The summed E-state index contributed by atoms with van der Waals surface area (Å²) in [5.74, 6) is -1.99. The molecule has 0 fully saturated rings. The molecule has 0 saturated carbocycles. The fourth-order valence-corrected chi connectivity index (χ4v) is 1.26. The second-order valence-corrected chi connectivity index (χ2v) is 3.12. The highest BCUT2D eigenvalue weighted by molar-refractivity contribution is 6.02. The topological polar surface area (TPSA) is 71.4 Å².